The standard InChI is InChI=1S/C12H13F3N2O4/c13-12(14,15)9-7-8(4-5-10(9)17(20)21)16-6-2-1-3-11(18)19/h4-5,7,16H,1-3,6H2,(H,18,19). The van der Waals surface area contributed by atoms with Crippen molar-refractivity contribution in [3.63, 3.8) is 0 Å². The highest BCUT2D eigenvalue weighted by Gasteiger charge is 2.38. The Hall–Kier alpha value is -2.32. The first kappa shape index (κ1) is 16.7. The summed E-state index contributed by atoms with van der Waals surface area (Å²) in [7, 11) is 0. The Labute approximate surface area is 117 Å². The molecule has 0 amide bonds. The van der Waals surface area contributed by atoms with Crippen molar-refractivity contribution in [1.29, 1.82) is 0 Å². The van der Waals surface area contributed by atoms with Crippen LogP contribution in [0, 0.1) is 10.1 Å². The number of rotatable bonds is 7. The summed E-state index contributed by atoms with van der Waals surface area (Å²) in [6.07, 6.45) is -3.98. The third-order valence-corrected chi connectivity index (χ3v) is 2.65. The third kappa shape index (κ3) is 5.28. The summed E-state index contributed by atoms with van der Waals surface area (Å²) >= 11 is 0. The maximum Gasteiger partial charge on any atom is 0.423 e. The SMILES string of the molecule is O=C(O)CCCCNc1ccc([N+](=O)[O-])c(C(F)(F)F)c1. The molecule has 0 atom stereocenters. The van der Waals surface area contributed by atoms with Gasteiger partial charge in [0.2, 0.25) is 0 Å². The molecule has 116 valence electrons. The molecule has 0 saturated heterocycles. The maximum atomic E-state index is 12.7. The molecular formula is C12H13F3N2O4. The molecule has 6 nitrogen and oxygen atoms in total. The second-order valence-electron chi connectivity index (χ2n) is 4.26. The minimum absolute atomic E-state index is 0.0181. The van der Waals surface area contributed by atoms with Gasteiger partial charge in [-0.25, -0.2) is 0 Å². The van der Waals surface area contributed by atoms with Crippen LogP contribution in [0.15, 0.2) is 18.2 Å². The van der Waals surface area contributed by atoms with E-state index in [0.717, 1.165) is 6.07 Å². The van der Waals surface area contributed by atoms with Crippen molar-refractivity contribution in [2.45, 2.75) is 25.4 Å². The zero-order chi connectivity index (χ0) is 16.0. The second kappa shape index (κ2) is 6.91. The van der Waals surface area contributed by atoms with Crippen molar-refractivity contribution in [2.75, 3.05) is 11.9 Å². The lowest BCUT2D eigenvalue weighted by atomic mass is 10.1. The molecule has 0 radical (unpaired) electrons. The summed E-state index contributed by atoms with van der Waals surface area (Å²) in [5.74, 6) is -0.940. The maximum absolute atomic E-state index is 12.7. The molecule has 0 aliphatic rings. The number of hydrogen-bond donors (Lipinski definition) is 2. The molecule has 0 bridgehead atoms. The van der Waals surface area contributed by atoms with Gasteiger partial charge in [-0.05, 0) is 25.0 Å². The zero-order valence-electron chi connectivity index (χ0n) is 10.8. The summed E-state index contributed by atoms with van der Waals surface area (Å²) in [5, 5.41) is 21.7. The summed E-state index contributed by atoms with van der Waals surface area (Å²) in [6, 6.07) is 2.66. The van der Waals surface area contributed by atoms with Crippen LogP contribution in [-0.4, -0.2) is 22.5 Å². The Kier molecular flexibility index (Phi) is 5.51. The highest BCUT2D eigenvalue weighted by molar-refractivity contribution is 5.66. The molecule has 1 aromatic carbocycles. The Morgan fingerprint density at radius 2 is 2.00 bits per heavy atom. The number of anilines is 1. The van der Waals surface area contributed by atoms with E-state index < -0.39 is 28.3 Å². The highest BCUT2D eigenvalue weighted by Crippen LogP contribution is 2.37. The van der Waals surface area contributed by atoms with Gasteiger partial charge in [0, 0.05) is 24.7 Å². The normalized spacial score (nSPS) is 11.2. The lowest BCUT2D eigenvalue weighted by molar-refractivity contribution is -0.388. The van der Waals surface area contributed by atoms with Gasteiger partial charge in [-0.3, -0.25) is 14.9 Å². The molecule has 0 aliphatic heterocycles. The summed E-state index contributed by atoms with van der Waals surface area (Å²) < 4.78 is 38.2. The van der Waals surface area contributed by atoms with E-state index in [9.17, 15) is 28.1 Å². The molecule has 9 heteroatoms. The summed E-state index contributed by atoms with van der Waals surface area (Å²) in [5.41, 5.74) is -2.22. The molecule has 0 spiro atoms. The quantitative estimate of drug-likeness (QED) is 0.458. The van der Waals surface area contributed by atoms with Gasteiger partial charge in [0.1, 0.15) is 5.56 Å². The van der Waals surface area contributed by atoms with Crippen LogP contribution in [0.3, 0.4) is 0 Å². The Balaban J connectivity index is 2.73. The third-order valence-electron chi connectivity index (χ3n) is 2.65. The van der Waals surface area contributed by atoms with Crippen LogP contribution in [0.1, 0.15) is 24.8 Å². The highest BCUT2D eigenvalue weighted by atomic mass is 19.4. The second-order valence-corrected chi connectivity index (χ2v) is 4.26. The summed E-state index contributed by atoms with van der Waals surface area (Å²) in [6.45, 7) is 0.280. The molecule has 0 saturated carbocycles. The van der Waals surface area contributed by atoms with Crippen molar-refractivity contribution < 1.29 is 28.0 Å². The first-order valence-electron chi connectivity index (χ1n) is 6.03. The number of halogens is 3. The van der Waals surface area contributed by atoms with Gasteiger partial charge in [0.25, 0.3) is 5.69 Å². The number of carboxylic acid groups (broad SMARTS) is 1. The number of carbonyl (C=O) groups is 1. The number of benzene rings is 1. The minimum atomic E-state index is -4.82. The molecule has 0 heterocycles. The van der Waals surface area contributed by atoms with Gasteiger partial charge in [-0.2, -0.15) is 13.2 Å². The van der Waals surface area contributed by atoms with Crippen LogP contribution < -0.4 is 5.32 Å². The van der Waals surface area contributed by atoms with E-state index in [0.29, 0.717) is 18.9 Å². The van der Waals surface area contributed by atoms with Crippen molar-refractivity contribution in [3.8, 4) is 0 Å². The zero-order valence-corrected chi connectivity index (χ0v) is 10.8. The molecule has 1 aromatic rings. The van der Waals surface area contributed by atoms with Crippen LogP contribution in [0.2, 0.25) is 0 Å². The fraction of sp³-hybridized carbons (Fsp3) is 0.417. The van der Waals surface area contributed by atoms with Gasteiger partial charge in [-0.1, -0.05) is 0 Å². The average molecular weight is 306 g/mol. The number of alkyl halides is 3. The molecule has 0 aliphatic carbocycles. The Morgan fingerprint density at radius 3 is 2.52 bits per heavy atom. The number of aliphatic carboxylic acids is 1. The smallest absolute Gasteiger partial charge is 0.423 e. The fourth-order valence-corrected chi connectivity index (χ4v) is 1.67. The molecule has 21 heavy (non-hydrogen) atoms. The number of hydrogen-bond acceptors (Lipinski definition) is 4. The molecule has 2 N–H and O–H groups in total. The van der Waals surface area contributed by atoms with E-state index in [4.69, 9.17) is 5.11 Å². The van der Waals surface area contributed by atoms with Crippen LogP contribution >= 0.6 is 0 Å². The number of carboxylic acids is 1. The number of nitro benzene ring substituents is 1. The van der Waals surface area contributed by atoms with E-state index in [1.165, 1.54) is 6.07 Å². The Morgan fingerprint density at radius 1 is 1.33 bits per heavy atom. The number of nitrogens with zero attached hydrogens (tertiary/aromatic N) is 1. The molecular weight excluding hydrogens is 293 g/mol. The topological polar surface area (TPSA) is 92.5 Å². The number of nitrogens with one attached hydrogen (secondary N) is 1. The Bertz CT molecular complexity index is 532. The molecule has 0 aromatic heterocycles. The lowest BCUT2D eigenvalue weighted by Gasteiger charge is -2.11. The van der Waals surface area contributed by atoms with Crippen LogP contribution in [0.4, 0.5) is 24.5 Å². The van der Waals surface area contributed by atoms with E-state index in [1.54, 1.807) is 0 Å². The van der Waals surface area contributed by atoms with Crippen molar-refractivity contribution in [2.24, 2.45) is 0 Å². The summed E-state index contributed by atoms with van der Waals surface area (Å²) in [4.78, 5) is 19.8. The van der Waals surface area contributed by atoms with Gasteiger partial charge >= 0.3 is 12.1 Å². The van der Waals surface area contributed by atoms with Crippen LogP contribution in [-0.2, 0) is 11.0 Å². The number of nitro groups is 1. The molecule has 0 unspecified atom stereocenters. The predicted octanol–water partition coefficient (Wildman–Crippen LogP) is 3.28. The van der Waals surface area contributed by atoms with Gasteiger partial charge in [-0.15, -0.1) is 0 Å². The fourth-order valence-electron chi connectivity index (χ4n) is 1.67. The number of unbranched alkanes of at least 4 members (excludes halogenated alkanes) is 1. The lowest BCUT2D eigenvalue weighted by Crippen LogP contribution is -2.10. The monoisotopic (exact) mass is 306 g/mol. The van der Waals surface area contributed by atoms with E-state index >= 15 is 0 Å². The minimum Gasteiger partial charge on any atom is -0.481 e. The van der Waals surface area contributed by atoms with Gasteiger partial charge in [0.05, 0.1) is 4.92 Å². The van der Waals surface area contributed by atoms with Crippen molar-refractivity contribution in [3.05, 3.63) is 33.9 Å². The van der Waals surface area contributed by atoms with E-state index in [-0.39, 0.29) is 18.7 Å². The first-order chi connectivity index (χ1) is 9.71. The van der Waals surface area contributed by atoms with Crippen molar-refractivity contribution >= 4 is 17.3 Å². The van der Waals surface area contributed by atoms with Crippen LogP contribution in [0.5, 0.6) is 0 Å². The largest absolute Gasteiger partial charge is 0.481 e. The van der Waals surface area contributed by atoms with Crippen molar-refractivity contribution in [1.82, 2.24) is 0 Å². The first-order valence-corrected chi connectivity index (χ1v) is 6.03. The predicted molar refractivity (Wildman–Crippen MR) is 68.1 cm³/mol. The van der Waals surface area contributed by atoms with E-state index in [1.807, 2.05) is 0 Å². The molecule has 1 rings (SSSR count). The van der Waals surface area contributed by atoms with E-state index in [2.05, 4.69) is 5.32 Å². The van der Waals surface area contributed by atoms with Gasteiger partial charge in [0.15, 0.2) is 0 Å². The molecule has 0 fully saturated rings. The average Bonchev–Trinajstić information content (AvgIpc) is 2.36. The van der Waals surface area contributed by atoms with Gasteiger partial charge < -0.3 is 10.4 Å². The van der Waals surface area contributed by atoms with Crippen LogP contribution in [0.25, 0.3) is 0 Å².